The largest absolute Gasteiger partial charge is 0.484 e. The number of nitrogens with one attached hydrogen (secondary N) is 1. The maximum atomic E-state index is 12.1. The summed E-state index contributed by atoms with van der Waals surface area (Å²) in [5, 5.41) is 3.27. The zero-order valence-electron chi connectivity index (χ0n) is 11.9. The molecule has 0 unspecified atom stereocenters. The Kier molecular flexibility index (Phi) is 4.43. The summed E-state index contributed by atoms with van der Waals surface area (Å²) >= 11 is 0. The second kappa shape index (κ2) is 6.06. The third-order valence-corrected chi connectivity index (χ3v) is 3.66. The molecule has 1 aliphatic rings. The molecule has 0 aromatic heterocycles. The zero-order valence-corrected chi connectivity index (χ0v) is 11.9. The molecule has 2 rings (SSSR count). The number of carbonyl (C=O) groups is 1. The number of rotatable bonds is 3. The first kappa shape index (κ1) is 13.9. The Morgan fingerprint density at radius 3 is 2.89 bits per heavy atom. The fourth-order valence-corrected chi connectivity index (χ4v) is 2.24. The molecule has 0 radical (unpaired) electrons. The van der Waals surface area contributed by atoms with Crippen LogP contribution in [0.3, 0.4) is 0 Å². The van der Waals surface area contributed by atoms with Crippen molar-refractivity contribution in [2.75, 3.05) is 26.2 Å². The number of carbonyl (C=O) groups excluding carboxylic acids is 1. The number of nitrogens with zero attached hydrogens (tertiary/aromatic N) is 1. The lowest BCUT2D eigenvalue weighted by atomic mass is 10.1. The monoisotopic (exact) mass is 262 g/mol. The van der Waals surface area contributed by atoms with Crippen LogP contribution in [0.4, 0.5) is 0 Å². The molecule has 0 bridgehead atoms. The highest BCUT2D eigenvalue weighted by Crippen LogP contribution is 2.16. The lowest BCUT2D eigenvalue weighted by Crippen LogP contribution is -2.53. The number of aryl methyl sites for hydroxylation is 2. The van der Waals surface area contributed by atoms with E-state index < -0.39 is 0 Å². The Morgan fingerprint density at radius 2 is 2.21 bits per heavy atom. The number of hydrogen-bond donors (Lipinski definition) is 1. The van der Waals surface area contributed by atoms with Gasteiger partial charge in [0, 0.05) is 25.7 Å². The normalized spacial score (nSPS) is 19.3. The van der Waals surface area contributed by atoms with Gasteiger partial charge in [0.15, 0.2) is 6.61 Å². The third-order valence-electron chi connectivity index (χ3n) is 3.66. The van der Waals surface area contributed by atoms with Crippen molar-refractivity contribution < 1.29 is 9.53 Å². The molecule has 4 nitrogen and oxygen atoms in total. The number of ether oxygens (including phenoxy) is 1. The fraction of sp³-hybridized carbons (Fsp3) is 0.533. The van der Waals surface area contributed by atoms with Gasteiger partial charge in [-0.05, 0) is 44.0 Å². The van der Waals surface area contributed by atoms with E-state index in [-0.39, 0.29) is 18.6 Å². The molecule has 104 valence electrons. The molecule has 19 heavy (non-hydrogen) atoms. The van der Waals surface area contributed by atoms with Crippen molar-refractivity contribution in [1.29, 1.82) is 0 Å². The predicted molar refractivity (Wildman–Crippen MR) is 75.5 cm³/mol. The fourth-order valence-electron chi connectivity index (χ4n) is 2.24. The van der Waals surface area contributed by atoms with Crippen LogP contribution in [0.1, 0.15) is 18.1 Å². The lowest BCUT2D eigenvalue weighted by Gasteiger charge is -2.33. The van der Waals surface area contributed by atoms with E-state index >= 15 is 0 Å². The van der Waals surface area contributed by atoms with Crippen LogP contribution in [0.15, 0.2) is 18.2 Å². The van der Waals surface area contributed by atoms with Gasteiger partial charge in [-0.25, -0.2) is 0 Å². The minimum Gasteiger partial charge on any atom is -0.484 e. The summed E-state index contributed by atoms with van der Waals surface area (Å²) in [7, 11) is 0. The van der Waals surface area contributed by atoms with E-state index in [4.69, 9.17) is 4.74 Å². The molecule has 1 heterocycles. The van der Waals surface area contributed by atoms with Crippen LogP contribution in [0, 0.1) is 13.8 Å². The van der Waals surface area contributed by atoms with Gasteiger partial charge in [-0.1, -0.05) is 6.07 Å². The van der Waals surface area contributed by atoms with E-state index in [2.05, 4.69) is 19.2 Å². The average Bonchev–Trinajstić information content (AvgIpc) is 2.40. The number of benzene rings is 1. The topological polar surface area (TPSA) is 41.6 Å². The zero-order chi connectivity index (χ0) is 13.8. The summed E-state index contributed by atoms with van der Waals surface area (Å²) in [5.41, 5.74) is 2.41. The summed E-state index contributed by atoms with van der Waals surface area (Å²) < 4.78 is 5.59. The molecule has 0 spiro atoms. The van der Waals surface area contributed by atoms with Gasteiger partial charge in [-0.3, -0.25) is 4.79 Å². The summed E-state index contributed by atoms with van der Waals surface area (Å²) in [6, 6.07) is 6.15. The maximum absolute atomic E-state index is 12.1. The highest BCUT2D eigenvalue weighted by atomic mass is 16.5. The van der Waals surface area contributed by atoms with Crippen LogP contribution in [0.25, 0.3) is 0 Å². The molecule has 1 saturated heterocycles. The number of piperazine rings is 1. The van der Waals surface area contributed by atoms with Gasteiger partial charge in [0.2, 0.25) is 0 Å². The highest BCUT2D eigenvalue weighted by Gasteiger charge is 2.22. The molecule has 1 fully saturated rings. The second-order valence-electron chi connectivity index (χ2n) is 5.18. The molecular formula is C15H22N2O2. The van der Waals surface area contributed by atoms with Gasteiger partial charge in [0.25, 0.3) is 5.91 Å². The standard InChI is InChI=1S/C15H22N2O2/c1-11-4-5-14(8-12(11)2)19-10-15(18)17-7-6-16-9-13(17)3/h4-5,8,13,16H,6-7,9-10H2,1-3H3/t13-/m1/s1. The van der Waals surface area contributed by atoms with Crippen LogP contribution < -0.4 is 10.1 Å². The molecule has 4 heteroatoms. The Bertz CT molecular complexity index is 459. The Labute approximate surface area is 114 Å². The smallest absolute Gasteiger partial charge is 0.260 e. The van der Waals surface area contributed by atoms with E-state index in [9.17, 15) is 4.79 Å². The van der Waals surface area contributed by atoms with Crippen molar-refractivity contribution in [3.63, 3.8) is 0 Å². The second-order valence-corrected chi connectivity index (χ2v) is 5.18. The Hall–Kier alpha value is -1.55. The van der Waals surface area contributed by atoms with Gasteiger partial charge in [0.1, 0.15) is 5.75 Å². The number of amides is 1. The molecule has 1 atom stereocenters. The molecule has 0 aliphatic carbocycles. The van der Waals surface area contributed by atoms with Crippen molar-refractivity contribution in [3.8, 4) is 5.75 Å². The molecular weight excluding hydrogens is 240 g/mol. The average molecular weight is 262 g/mol. The molecule has 1 aromatic rings. The molecule has 0 saturated carbocycles. The first-order valence-corrected chi connectivity index (χ1v) is 6.78. The first-order valence-electron chi connectivity index (χ1n) is 6.78. The molecule has 1 aliphatic heterocycles. The molecule has 1 aromatic carbocycles. The Morgan fingerprint density at radius 1 is 1.42 bits per heavy atom. The van der Waals surface area contributed by atoms with Gasteiger partial charge >= 0.3 is 0 Å². The lowest BCUT2D eigenvalue weighted by molar-refractivity contribution is -0.136. The van der Waals surface area contributed by atoms with Crippen molar-refractivity contribution >= 4 is 5.91 Å². The quantitative estimate of drug-likeness (QED) is 0.897. The van der Waals surface area contributed by atoms with Gasteiger partial charge < -0.3 is 15.0 Å². The highest BCUT2D eigenvalue weighted by molar-refractivity contribution is 5.78. The molecule has 1 N–H and O–H groups in total. The van der Waals surface area contributed by atoms with Crippen molar-refractivity contribution in [2.24, 2.45) is 0 Å². The van der Waals surface area contributed by atoms with Crippen molar-refractivity contribution in [3.05, 3.63) is 29.3 Å². The SMILES string of the molecule is Cc1ccc(OCC(=O)N2CCNC[C@H]2C)cc1C. The van der Waals surface area contributed by atoms with E-state index in [1.165, 1.54) is 11.1 Å². The van der Waals surface area contributed by atoms with Crippen LogP contribution in [-0.4, -0.2) is 43.1 Å². The number of hydrogen-bond acceptors (Lipinski definition) is 3. The summed E-state index contributed by atoms with van der Waals surface area (Å²) in [4.78, 5) is 14.0. The predicted octanol–water partition coefficient (Wildman–Crippen LogP) is 1.50. The molecule has 1 amide bonds. The van der Waals surface area contributed by atoms with Crippen molar-refractivity contribution in [2.45, 2.75) is 26.8 Å². The first-order chi connectivity index (χ1) is 9.08. The minimum atomic E-state index is 0.0622. The summed E-state index contributed by atoms with van der Waals surface area (Å²) in [6.07, 6.45) is 0. The van der Waals surface area contributed by atoms with E-state index in [1.807, 2.05) is 30.0 Å². The van der Waals surface area contributed by atoms with Crippen LogP contribution in [0.5, 0.6) is 5.75 Å². The van der Waals surface area contributed by atoms with Gasteiger partial charge in [-0.15, -0.1) is 0 Å². The van der Waals surface area contributed by atoms with Crippen LogP contribution >= 0.6 is 0 Å². The van der Waals surface area contributed by atoms with E-state index in [0.717, 1.165) is 25.4 Å². The van der Waals surface area contributed by atoms with E-state index in [0.29, 0.717) is 0 Å². The third kappa shape index (κ3) is 3.47. The summed E-state index contributed by atoms with van der Waals surface area (Å²) in [6.45, 7) is 8.76. The van der Waals surface area contributed by atoms with Gasteiger partial charge in [0.05, 0.1) is 0 Å². The Balaban J connectivity index is 1.90. The summed E-state index contributed by atoms with van der Waals surface area (Å²) in [5.74, 6) is 0.825. The van der Waals surface area contributed by atoms with Crippen LogP contribution in [-0.2, 0) is 4.79 Å². The van der Waals surface area contributed by atoms with Crippen LogP contribution in [0.2, 0.25) is 0 Å². The van der Waals surface area contributed by atoms with Gasteiger partial charge in [-0.2, -0.15) is 0 Å². The maximum Gasteiger partial charge on any atom is 0.260 e. The van der Waals surface area contributed by atoms with Crippen molar-refractivity contribution in [1.82, 2.24) is 10.2 Å². The minimum absolute atomic E-state index is 0.0622. The van der Waals surface area contributed by atoms with E-state index in [1.54, 1.807) is 0 Å².